The predicted molar refractivity (Wildman–Crippen MR) is 71.2 cm³/mol. The maximum absolute atomic E-state index is 13.1. The van der Waals surface area contributed by atoms with Gasteiger partial charge in [0.15, 0.2) is 0 Å². The first-order valence-corrected chi connectivity index (χ1v) is 6.51. The minimum Gasteiger partial charge on any atom is -0.351 e. The number of carbonyl (C=O) groups excluding carboxylic acids is 1. The van der Waals surface area contributed by atoms with Crippen LogP contribution in [0.5, 0.6) is 0 Å². The van der Waals surface area contributed by atoms with Crippen LogP contribution in [0.3, 0.4) is 0 Å². The molecule has 1 aliphatic rings. The van der Waals surface area contributed by atoms with E-state index in [2.05, 4.69) is 21.2 Å². The fraction of sp³-hybridized carbons (Fsp3) is 0.308. The molecule has 5 heteroatoms. The molecular weight excluding hydrogens is 299 g/mol. The number of amides is 1. The Balaban J connectivity index is 1.93. The molecule has 1 amide bonds. The van der Waals surface area contributed by atoms with Crippen LogP contribution in [0.4, 0.5) is 4.39 Å². The van der Waals surface area contributed by atoms with Crippen molar-refractivity contribution in [3.8, 4) is 0 Å². The number of rotatable bonds is 3. The van der Waals surface area contributed by atoms with Crippen molar-refractivity contribution in [2.45, 2.75) is 19.0 Å². The van der Waals surface area contributed by atoms with Crippen LogP contribution in [0.2, 0.25) is 0 Å². The van der Waals surface area contributed by atoms with E-state index in [0.717, 1.165) is 10.0 Å². The van der Waals surface area contributed by atoms with Gasteiger partial charge in [0.1, 0.15) is 5.82 Å². The Hall–Kier alpha value is -1.20. The third kappa shape index (κ3) is 3.17. The molecule has 2 atom stereocenters. The van der Waals surface area contributed by atoms with E-state index in [1.807, 2.05) is 12.2 Å². The average molecular weight is 313 g/mol. The maximum Gasteiger partial charge on any atom is 0.227 e. The predicted octanol–water partition coefficient (Wildman–Crippen LogP) is 2.11. The minimum atomic E-state index is -0.315. The van der Waals surface area contributed by atoms with Crippen LogP contribution in [-0.2, 0) is 11.3 Å². The molecule has 2 unspecified atom stereocenters. The molecule has 0 saturated carbocycles. The summed E-state index contributed by atoms with van der Waals surface area (Å²) in [5, 5.41) is 2.79. The van der Waals surface area contributed by atoms with Crippen molar-refractivity contribution in [3.05, 3.63) is 46.2 Å². The minimum absolute atomic E-state index is 0.0401. The summed E-state index contributed by atoms with van der Waals surface area (Å²) < 4.78 is 13.8. The van der Waals surface area contributed by atoms with Crippen molar-refractivity contribution in [2.24, 2.45) is 11.7 Å². The summed E-state index contributed by atoms with van der Waals surface area (Å²) in [5.74, 6) is -0.562. The lowest BCUT2D eigenvalue weighted by atomic mass is 10.1. The van der Waals surface area contributed by atoms with Crippen LogP contribution in [0.1, 0.15) is 12.0 Å². The zero-order valence-electron chi connectivity index (χ0n) is 9.70. The Morgan fingerprint density at radius 3 is 2.94 bits per heavy atom. The topological polar surface area (TPSA) is 55.1 Å². The summed E-state index contributed by atoms with van der Waals surface area (Å²) in [7, 11) is 0. The van der Waals surface area contributed by atoms with E-state index in [0.29, 0.717) is 13.0 Å². The number of halogens is 2. The van der Waals surface area contributed by atoms with E-state index in [1.54, 1.807) is 6.07 Å². The molecule has 3 N–H and O–H groups in total. The SMILES string of the molecule is NC1C=CC(C(=O)NCc2cc(F)ccc2Br)C1. The van der Waals surface area contributed by atoms with Crippen LogP contribution >= 0.6 is 15.9 Å². The van der Waals surface area contributed by atoms with E-state index in [1.165, 1.54) is 12.1 Å². The van der Waals surface area contributed by atoms with Gasteiger partial charge in [-0.3, -0.25) is 4.79 Å². The molecule has 0 radical (unpaired) electrons. The second kappa shape index (κ2) is 5.63. The standard InChI is InChI=1S/C13H14BrFN2O/c14-12-4-2-10(15)5-9(12)7-17-13(18)8-1-3-11(16)6-8/h1-5,8,11H,6-7,16H2,(H,17,18). The maximum atomic E-state index is 13.1. The number of nitrogens with one attached hydrogen (secondary N) is 1. The highest BCUT2D eigenvalue weighted by Gasteiger charge is 2.22. The van der Waals surface area contributed by atoms with Gasteiger partial charge in [-0.2, -0.15) is 0 Å². The first-order chi connectivity index (χ1) is 8.56. The highest BCUT2D eigenvalue weighted by molar-refractivity contribution is 9.10. The zero-order valence-corrected chi connectivity index (χ0v) is 11.3. The lowest BCUT2D eigenvalue weighted by molar-refractivity contribution is -0.123. The molecule has 1 aromatic carbocycles. The lowest BCUT2D eigenvalue weighted by Crippen LogP contribution is -2.30. The second-order valence-electron chi connectivity index (χ2n) is 4.34. The molecule has 0 saturated heterocycles. The Labute approximate surface area is 113 Å². The summed E-state index contributed by atoms with van der Waals surface area (Å²) >= 11 is 3.32. The molecule has 2 rings (SSSR count). The molecule has 0 fully saturated rings. The van der Waals surface area contributed by atoms with E-state index in [4.69, 9.17) is 5.73 Å². The molecule has 0 aromatic heterocycles. The van der Waals surface area contributed by atoms with Crippen molar-refractivity contribution in [2.75, 3.05) is 0 Å². The smallest absolute Gasteiger partial charge is 0.227 e. The summed E-state index contributed by atoms with van der Waals surface area (Å²) in [6, 6.07) is 4.36. The molecule has 1 aliphatic carbocycles. The molecule has 18 heavy (non-hydrogen) atoms. The fourth-order valence-electron chi connectivity index (χ4n) is 1.91. The Morgan fingerprint density at radius 1 is 1.50 bits per heavy atom. The molecule has 0 bridgehead atoms. The first-order valence-electron chi connectivity index (χ1n) is 5.72. The normalized spacial score (nSPS) is 22.2. The van der Waals surface area contributed by atoms with Gasteiger partial charge in [-0.15, -0.1) is 0 Å². The van der Waals surface area contributed by atoms with E-state index in [-0.39, 0.29) is 23.7 Å². The van der Waals surface area contributed by atoms with Crippen molar-refractivity contribution >= 4 is 21.8 Å². The van der Waals surface area contributed by atoms with Gasteiger partial charge >= 0.3 is 0 Å². The van der Waals surface area contributed by atoms with Gasteiger partial charge in [0, 0.05) is 17.1 Å². The second-order valence-corrected chi connectivity index (χ2v) is 5.20. The number of hydrogen-bond acceptors (Lipinski definition) is 2. The van der Waals surface area contributed by atoms with Crippen LogP contribution in [0, 0.1) is 11.7 Å². The van der Waals surface area contributed by atoms with Crippen LogP contribution in [0.25, 0.3) is 0 Å². The van der Waals surface area contributed by atoms with Crippen molar-refractivity contribution in [1.82, 2.24) is 5.32 Å². The van der Waals surface area contributed by atoms with Crippen molar-refractivity contribution in [3.63, 3.8) is 0 Å². The fourth-order valence-corrected chi connectivity index (χ4v) is 2.30. The molecule has 96 valence electrons. The molecule has 0 heterocycles. The van der Waals surface area contributed by atoms with Gasteiger partial charge in [-0.25, -0.2) is 4.39 Å². The lowest BCUT2D eigenvalue weighted by Gasteiger charge is -2.11. The van der Waals surface area contributed by atoms with Crippen LogP contribution in [-0.4, -0.2) is 11.9 Å². The molecule has 0 spiro atoms. The summed E-state index contributed by atoms with van der Waals surface area (Å²) in [4.78, 5) is 11.8. The highest BCUT2D eigenvalue weighted by Crippen LogP contribution is 2.19. The van der Waals surface area contributed by atoms with Gasteiger partial charge < -0.3 is 11.1 Å². The largest absolute Gasteiger partial charge is 0.351 e. The third-order valence-electron chi connectivity index (χ3n) is 2.91. The number of benzene rings is 1. The van der Waals surface area contributed by atoms with E-state index < -0.39 is 0 Å². The molecular formula is C13H14BrFN2O. The Bertz CT molecular complexity index is 490. The van der Waals surface area contributed by atoms with Crippen molar-refractivity contribution < 1.29 is 9.18 Å². The Kier molecular flexibility index (Phi) is 4.14. The van der Waals surface area contributed by atoms with Crippen LogP contribution < -0.4 is 11.1 Å². The summed E-state index contributed by atoms with van der Waals surface area (Å²) in [6.45, 7) is 0.302. The first kappa shape index (κ1) is 13.2. The number of carbonyl (C=O) groups is 1. The van der Waals surface area contributed by atoms with Gasteiger partial charge in [-0.1, -0.05) is 28.1 Å². The number of hydrogen-bond donors (Lipinski definition) is 2. The summed E-state index contributed by atoms with van der Waals surface area (Å²) in [6.07, 6.45) is 4.29. The Morgan fingerprint density at radius 2 is 2.28 bits per heavy atom. The quantitative estimate of drug-likeness (QED) is 0.840. The monoisotopic (exact) mass is 312 g/mol. The highest BCUT2D eigenvalue weighted by atomic mass is 79.9. The van der Waals surface area contributed by atoms with Gasteiger partial charge in [-0.05, 0) is 30.2 Å². The van der Waals surface area contributed by atoms with Crippen LogP contribution in [0.15, 0.2) is 34.8 Å². The third-order valence-corrected chi connectivity index (χ3v) is 3.69. The molecule has 0 aliphatic heterocycles. The summed E-state index contributed by atoms with van der Waals surface area (Å²) in [5.41, 5.74) is 6.41. The number of nitrogens with two attached hydrogens (primary N) is 1. The van der Waals surface area contributed by atoms with E-state index in [9.17, 15) is 9.18 Å². The van der Waals surface area contributed by atoms with E-state index >= 15 is 0 Å². The molecule has 1 aromatic rings. The molecule has 3 nitrogen and oxygen atoms in total. The average Bonchev–Trinajstić information content (AvgIpc) is 2.77. The van der Waals surface area contributed by atoms with Gasteiger partial charge in [0.25, 0.3) is 0 Å². The van der Waals surface area contributed by atoms with Gasteiger partial charge in [0.05, 0.1) is 5.92 Å². The van der Waals surface area contributed by atoms with Crippen molar-refractivity contribution in [1.29, 1.82) is 0 Å². The van der Waals surface area contributed by atoms with Gasteiger partial charge in [0.2, 0.25) is 5.91 Å². The zero-order chi connectivity index (χ0) is 13.1.